The molecule has 2 amide bonds. The zero-order chi connectivity index (χ0) is 15.5. The van der Waals surface area contributed by atoms with E-state index in [0.717, 1.165) is 19.3 Å². The largest absolute Gasteiger partial charge is 0.297 e. The molecule has 7 heteroatoms. The zero-order valence-electron chi connectivity index (χ0n) is 12.2. The number of hydrazine groups is 1. The van der Waals surface area contributed by atoms with Crippen molar-refractivity contribution in [3.05, 3.63) is 24.5 Å². The van der Waals surface area contributed by atoms with Crippen LogP contribution in [0.1, 0.15) is 32.6 Å². The Morgan fingerprint density at radius 2 is 2.33 bits per heavy atom. The van der Waals surface area contributed by atoms with Crippen LogP contribution in [0, 0.1) is 5.92 Å². The molecule has 1 rings (SSSR count). The van der Waals surface area contributed by atoms with E-state index in [0.29, 0.717) is 23.6 Å². The number of amides is 2. The van der Waals surface area contributed by atoms with Crippen LogP contribution < -0.4 is 10.9 Å². The van der Waals surface area contributed by atoms with Gasteiger partial charge in [0.05, 0.1) is 24.3 Å². The highest BCUT2D eigenvalue weighted by atomic mass is 16.5. The highest BCUT2D eigenvalue weighted by Gasteiger charge is 2.20. The molecule has 1 heterocycles. The van der Waals surface area contributed by atoms with Crippen LogP contribution >= 0.6 is 0 Å². The molecule has 0 aliphatic rings. The minimum absolute atomic E-state index is 0.0201. The van der Waals surface area contributed by atoms with Crippen LogP contribution in [0.4, 0.5) is 5.69 Å². The predicted molar refractivity (Wildman–Crippen MR) is 78.2 cm³/mol. The molecule has 1 unspecified atom stereocenters. The van der Waals surface area contributed by atoms with Crippen molar-refractivity contribution in [2.45, 2.75) is 32.6 Å². The highest BCUT2D eigenvalue weighted by molar-refractivity contribution is 5.80. The van der Waals surface area contributed by atoms with Crippen LogP contribution in [0.5, 0.6) is 0 Å². The summed E-state index contributed by atoms with van der Waals surface area (Å²) in [5.41, 5.74) is 5.99. The van der Waals surface area contributed by atoms with Crippen molar-refractivity contribution in [1.82, 2.24) is 15.5 Å². The fourth-order valence-corrected chi connectivity index (χ4v) is 1.89. The topological polar surface area (TPSA) is 94.6 Å². The van der Waals surface area contributed by atoms with E-state index in [-0.39, 0.29) is 12.5 Å². The third kappa shape index (κ3) is 6.71. The molecule has 0 aromatic carbocycles. The summed E-state index contributed by atoms with van der Waals surface area (Å²) >= 11 is 0. The fourth-order valence-electron chi connectivity index (χ4n) is 1.89. The summed E-state index contributed by atoms with van der Waals surface area (Å²) in [5, 5.41) is 9.77. The molecular formula is C14H22N4O3. The molecule has 0 fully saturated rings. The Hall–Kier alpha value is -2.15. The number of nitrogens with zero attached hydrogens (tertiary/aromatic N) is 2. The third-order valence-electron chi connectivity index (χ3n) is 3.05. The van der Waals surface area contributed by atoms with E-state index in [1.165, 1.54) is 0 Å². The van der Waals surface area contributed by atoms with Gasteiger partial charge in [-0.05, 0) is 18.6 Å². The Bertz CT molecular complexity index is 427. The van der Waals surface area contributed by atoms with Gasteiger partial charge in [0.25, 0.3) is 0 Å². The summed E-state index contributed by atoms with van der Waals surface area (Å²) in [7, 11) is 0. The van der Waals surface area contributed by atoms with Crippen molar-refractivity contribution in [3.63, 3.8) is 0 Å². The first kappa shape index (κ1) is 16.9. The Balaban J connectivity index is 2.50. The van der Waals surface area contributed by atoms with Crippen LogP contribution in [-0.2, 0) is 9.59 Å². The van der Waals surface area contributed by atoms with Gasteiger partial charge in [-0.2, -0.15) is 0 Å². The Labute approximate surface area is 124 Å². The van der Waals surface area contributed by atoms with Gasteiger partial charge in [-0.1, -0.05) is 26.2 Å². The number of carbonyl (C=O) groups excluding carboxylic acids is 2. The average molecular weight is 294 g/mol. The molecule has 0 radical (unpaired) electrons. The number of nitrogens with one attached hydrogen (secondary N) is 2. The second-order valence-corrected chi connectivity index (χ2v) is 4.78. The van der Waals surface area contributed by atoms with Crippen LogP contribution in [0.3, 0.4) is 0 Å². The first-order chi connectivity index (χ1) is 10.2. The Morgan fingerprint density at radius 1 is 1.52 bits per heavy atom. The first-order valence-electron chi connectivity index (χ1n) is 7.04. The van der Waals surface area contributed by atoms with Crippen molar-refractivity contribution < 1.29 is 14.8 Å². The van der Waals surface area contributed by atoms with E-state index in [2.05, 4.69) is 22.8 Å². The molecule has 7 nitrogen and oxygen atoms in total. The normalized spacial score (nSPS) is 11.5. The van der Waals surface area contributed by atoms with Gasteiger partial charge in [0.15, 0.2) is 0 Å². The van der Waals surface area contributed by atoms with Crippen LogP contribution in [0.25, 0.3) is 0 Å². The lowest BCUT2D eigenvalue weighted by molar-refractivity contribution is -0.154. The van der Waals surface area contributed by atoms with E-state index in [1.54, 1.807) is 24.5 Å². The summed E-state index contributed by atoms with van der Waals surface area (Å²) in [6.07, 6.45) is 7.04. The molecule has 3 N–H and O–H groups in total. The van der Waals surface area contributed by atoms with E-state index >= 15 is 0 Å². The maximum absolute atomic E-state index is 12.1. The molecule has 1 aromatic rings. The first-order valence-corrected chi connectivity index (χ1v) is 7.04. The van der Waals surface area contributed by atoms with E-state index in [1.807, 2.05) is 0 Å². The standard InChI is InChI=1S/C14H22N4O3/c1-2-3-4-6-12(10-18(21)11-19)14(20)17-16-13-7-5-8-15-9-13/h5,7-9,11-12,16,21H,2-4,6,10H2,1H3,(H,17,20). The monoisotopic (exact) mass is 294 g/mol. The van der Waals surface area contributed by atoms with Gasteiger partial charge in [-0.3, -0.25) is 30.6 Å². The van der Waals surface area contributed by atoms with Crippen molar-refractivity contribution in [2.75, 3.05) is 12.0 Å². The maximum Gasteiger partial charge on any atom is 0.243 e. The lowest BCUT2D eigenvalue weighted by Gasteiger charge is -2.20. The zero-order valence-corrected chi connectivity index (χ0v) is 12.2. The summed E-state index contributed by atoms with van der Waals surface area (Å²) in [6.45, 7) is 2.05. The van der Waals surface area contributed by atoms with Gasteiger partial charge in [-0.15, -0.1) is 0 Å². The van der Waals surface area contributed by atoms with Gasteiger partial charge in [0.1, 0.15) is 0 Å². The Morgan fingerprint density at radius 3 is 2.95 bits per heavy atom. The lowest BCUT2D eigenvalue weighted by atomic mass is 10.0. The second kappa shape index (κ2) is 9.71. The minimum atomic E-state index is -0.462. The summed E-state index contributed by atoms with van der Waals surface area (Å²) in [4.78, 5) is 26.5. The average Bonchev–Trinajstić information content (AvgIpc) is 2.52. The van der Waals surface area contributed by atoms with Gasteiger partial charge in [0.2, 0.25) is 12.3 Å². The van der Waals surface area contributed by atoms with Crippen molar-refractivity contribution in [3.8, 4) is 0 Å². The SMILES string of the molecule is CCCCCC(CN(O)C=O)C(=O)NNc1cccnc1. The molecule has 116 valence electrons. The van der Waals surface area contributed by atoms with Crippen molar-refractivity contribution >= 4 is 18.0 Å². The van der Waals surface area contributed by atoms with Gasteiger partial charge >= 0.3 is 0 Å². The number of hydrogen-bond acceptors (Lipinski definition) is 5. The van der Waals surface area contributed by atoms with Gasteiger partial charge < -0.3 is 0 Å². The number of hydrogen-bond donors (Lipinski definition) is 3. The minimum Gasteiger partial charge on any atom is -0.297 e. The van der Waals surface area contributed by atoms with E-state index in [9.17, 15) is 14.8 Å². The number of unbranched alkanes of at least 4 members (excludes halogenated alkanes) is 2. The molecule has 0 spiro atoms. The smallest absolute Gasteiger partial charge is 0.243 e. The summed E-state index contributed by atoms with van der Waals surface area (Å²) in [6, 6.07) is 3.51. The molecule has 0 aliphatic carbocycles. The van der Waals surface area contributed by atoms with Crippen LogP contribution in [0.2, 0.25) is 0 Å². The number of hydroxylamine groups is 2. The van der Waals surface area contributed by atoms with E-state index < -0.39 is 5.92 Å². The number of anilines is 1. The molecular weight excluding hydrogens is 272 g/mol. The molecule has 0 saturated carbocycles. The van der Waals surface area contributed by atoms with Gasteiger partial charge in [0, 0.05) is 6.20 Å². The molecule has 1 aromatic heterocycles. The van der Waals surface area contributed by atoms with Crippen LogP contribution in [0.15, 0.2) is 24.5 Å². The Kier molecular flexibility index (Phi) is 7.81. The summed E-state index contributed by atoms with van der Waals surface area (Å²) in [5.74, 6) is -0.730. The molecule has 1 atom stereocenters. The number of rotatable bonds is 10. The highest BCUT2D eigenvalue weighted by Crippen LogP contribution is 2.11. The van der Waals surface area contributed by atoms with Crippen molar-refractivity contribution in [1.29, 1.82) is 0 Å². The number of carbonyl (C=O) groups is 2. The predicted octanol–water partition coefficient (Wildman–Crippen LogP) is 1.57. The van der Waals surface area contributed by atoms with Gasteiger partial charge in [-0.25, -0.2) is 5.06 Å². The maximum atomic E-state index is 12.1. The lowest BCUT2D eigenvalue weighted by Crippen LogP contribution is -2.40. The number of pyridine rings is 1. The molecule has 0 aliphatic heterocycles. The molecule has 0 bridgehead atoms. The quantitative estimate of drug-likeness (QED) is 0.263. The summed E-state index contributed by atoms with van der Waals surface area (Å²) < 4.78 is 0. The van der Waals surface area contributed by atoms with Crippen LogP contribution in [-0.4, -0.2) is 34.1 Å². The fraction of sp³-hybridized carbons (Fsp3) is 0.500. The van der Waals surface area contributed by atoms with Crippen molar-refractivity contribution in [2.24, 2.45) is 5.92 Å². The molecule has 0 saturated heterocycles. The molecule has 21 heavy (non-hydrogen) atoms. The second-order valence-electron chi connectivity index (χ2n) is 4.78. The number of aromatic nitrogens is 1. The third-order valence-corrected chi connectivity index (χ3v) is 3.05. The van der Waals surface area contributed by atoms with E-state index in [4.69, 9.17) is 0 Å².